The van der Waals surface area contributed by atoms with Crippen molar-refractivity contribution in [1.82, 2.24) is 15.5 Å². The predicted octanol–water partition coefficient (Wildman–Crippen LogP) is 3.19. The van der Waals surface area contributed by atoms with E-state index in [4.69, 9.17) is 0 Å². The molecule has 0 amide bonds. The van der Waals surface area contributed by atoms with E-state index in [1.807, 2.05) is 17.3 Å². The summed E-state index contributed by atoms with van der Waals surface area (Å²) in [5, 5.41) is 12.4. The van der Waals surface area contributed by atoms with Crippen molar-refractivity contribution >= 4 is 23.1 Å². The van der Waals surface area contributed by atoms with Crippen molar-refractivity contribution in [2.75, 3.05) is 6.54 Å². The third-order valence-electron chi connectivity index (χ3n) is 3.30. The summed E-state index contributed by atoms with van der Waals surface area (Å²) in [4.78, 5) is 0. The highest BCUT2D eigenvalue weighted by molar-refractivity contribution is 8.01. The van der Waals surface area contributed by atoms with E-state index in [2.05, 4.69) is 29.4 Å². The van der Waals surface area contributed by atoms with E-state index in [0.717, 1.165) is 16.8 Å². The van der Waals surface area contributed by atoms with Crippen molar-refractivity contribution in [1.29, 1.82) is 0 Å². The number of nitrogens with zero attached hydrogens (tertiary/aromatic N) is 2. The molecule has 0 aliphatic heterocycles. The van der Waals surface area contributed by atoms with Gasteiger partial charge in [-0.3, -0.25) is 0 Å². The predicted molar refractivity (Wildman–Crippen MR) is 74.7 cm³/mol. The molecule has 0 aromatic carbocycles. The minimum atomic E-state index is 0.653. The minimum absolute atomic E-state index is 0.653. The number of nitrogens with one attached hydrogen (secondary N) is 1. The van der Waals surface area contributed by atoms with E-state index in [1.54, 1.807) is 11.3 Å². The maximum Gasteiger partial charge on any atom is 0.174 e. The molecule has 2 rings (SSSR count). The zero-order valence-electron chi connectivity index (χ0n) is 10.6. The molecule has 1 fully saturated rings. The summed E-state index contributed by atoms with van der Waals surface area (Å²) in [7, 11) is 0. The molecule has 1 N–H and O–H groups in total. The van der Waals surface area contributed by atoms with Crippen LogP contribution < -0.4 is 5.32 Å². The second kappa shape index (κ2) is 6.71. The Balaban J connectivity index is 1.93. The van der Waals surface area contributed by atoms with Gasteiger partial charge in [0.05, 0.1) is 0 Å². The van der Waals surface area contributed by atoms with Crippen molar-refractivity contribution in [2.45, 2.75) is 55.2 Å². The van der Waals surface area contributed by atoms with Crippen molar-refractivity contribution in [3.8, 4) is 0 Å². The molecule has 3 unspecified atom stereocenters. The molecule has 0 saturated heterocycles. The standard InChI is InChI=1S/C12H21N3S2/c1-3-6-13-10-5-4-9(2)7-11(10)17-12-15-14-8-16-12/h8-11,13H,3-7H2,1-2H3. The Bertz CT molecular complexity index is 314. The molecule has 1 aromatic rings. The first kappa shape index (κ1) is 13.3. The summed E-state index contributed by atoms with van der Waals surface area (Å²) in [5.41, 5.74) is 1.82. The highest BCUT2D eigenvalue weighted by atomic mass is 32.2. The molecular formula is C12H21N3S2. The maximum atomic E-state index is 4.15. The van der Waals surface area contributed by atoms with Crippen LogP contribution >= 0.6 is 23.1 Å². The van der Waals surface area contributed by atoms with Gasteiger partial charge in [-0.2, -0.15) is 0 Å². The van der Waals surface area contributed by atoms with Crippen LogP contribution in [0.25, 0.3) is 0 Å². The lowest BCUT2D eigenvalue weighted by Gasteiger charge is -2.34. The highest BCUT2D eigenvalue weighted by Crippen LogP contribution is 2.36. The molecule has 1 aliphatic rings. The first-order valence-corrected chi connectivity index (χ1v) is 8.21. The van der Waals surface area contributed by atoms with Crippen LogP contribution in [0.2, 0.25) is 0 Å². The molecular weight excluding hydrogens is 250 g/mol. The second-order valence-corrected chi connectivity index (χ2v) is 7.16. The van der Waals surface area contributed by atoms with Gasteiger partial charge in [-0.05, 0) is 38.1 Å². The minimum Gasteiger partial charge on any atom is -0.313 e. The molecule has 0 spiro atoms. The monoisotopic (exact) mass is 271 g/mol. The summed E-state index contributed by atoms with van der Waals surface area (Å²) < 4.78 is 1.12. The first-order valence-electron chi connectivity index (χ1n) is 6.45. The topological polar surface area (TPSA) is 37.8 Å². The van der Waals surface area contributed by atoms with Crippen LogP contribution in [0.4, 0.5) is 0 Å². The van der Waals surface area contributed by atoms with Crippen LogP contribution in [0.3, 0.4) is 0 Å². The Morgan fingerprint density at radius 3 is 3.12 bits per heavy atom. The number of aromatic nitrogens is 2. The van der Waals surface area contributed by atoms with Gasteiger partial charge in [0.1, 0.15) is 5.51 Å². The van der Waals surface area contributed by atoms with Gasteiger partial charge in [-0.25, -0.2) is 0 Å². The molecule has 1 heterocycles. The fourth-order valence-corrected chi connectivity index (χ4v) is 4.54. The molecule has 0 radical (unpaired) electrons. The Morgan fingerprint density at radius 1 is 1.53 bits per heavy atom. The highest BCUT2D eigenvalue weighted by Gasteiger charge is 2.29. The van der Waals surface area contributed by atoms with Crippen LogP contribution in [0.5, 0.6) is 0 Å². The Labute approximate surface area is 112 Å². The zero-order chi connectivity index (χ0) is 12.1. The molecule has 1 aromatic heterocycles. The van der Waals surface area contributed by atoms with Gasteiger partial charge in [0.15, 0.2) is 4.34 Å². The molecule has 96 valence electrons. The van der Waals surface area contributed by atoms with Gasteiger partial charge in [-0.15, -0.1) is 10.2 Å². The third-order valence-corrected chi connectivity index (χ3v) is 5.47. The van der Waals surface area contributed by atoms with Crippen LogP contribution in [0.1, 0.15) is 39.5 Å². The van der Waals surface area contributed by atoms with Crippen molar-refractivity contribution in [2.24, 2.45) is 5.92 Å². The molecule has 3 atom stereocenters. The molecule has 3 nitrogen and oxygen atoms in total. The van der Waals surface area contributed by atoms with Gasteiger partial charge in [0.25, 0.3) is 0 Å². The first-order chi connectivity index (χ1) is 8.29. The lowest BCUT2D eigenvalue weighted by molar-refractivity contribution is 0.317. The van der Waals surface area contributed by atoms with E-state index in [1.165, 1.54) is 25.7 Å². The van der Waals surface area contributed by atoms with E-state index < -0.39 is 0 Å². The van der Waals surface area contributed by atoms with Crippen LogP contribution in [0.15, 0.2) is 9.85 Å². The molecule has 1 aliphatic carbocycles. The molecule has 1 saturated carbocycles. The quantitative estimate of drug-likeness (QED) is 0.892. The Kier molecular flexibility index (Phi) is 5.25. The van der Waals surface area contributed by atoms with E-state index in [-0.39, 0.29) is 0 Å². The second-order valence-electron chi connectivity index (χ2n) is 4.84. The van der Waals surface area contributed by atoms with E-state index >= 15 is 0 Å². The maximum absolute atomic E-state index is 4.15. The Hall–Kier alpha value is -0.130. The summed E-state index contributed by atoms with van der Waals surface area (Å²) in [6.45, 7) is 5.72. The largest absolute Gasteiger partial charge is 0.313 e. The average Bonchev–Trinajstić information content (AvgIpc) is 2.81. The fraction of sp³-hybridized carbons (Fsp3) is 0.833. The Morgan fingerprint density at radius 2 is 2.41 bits per heavy atom. The van der Waals surface area contributed by atoms with Gasteiger partial charge in [0.2, 0.25) is 0 Å². The number of thioether (sulfide) groups is 1. The third kappa shape index (κ3) is 3.93. The van der Waals surface area contributed by atoms with Crippen molar-refractivity contribution in [3.63, 3.8) is 0 Å². The smallest absolute Gasteiger partial charge is 0.174 e. The molecule has 17 heavy (non-hydrogen) atoms. The summed E-state index contributed by atoms with van der Waals surface area (Å²) in [6, 6.07) is 0.653. The van der Waals surface area contributed by atoms with Crippen molar-refractivity contribution < 1.29 is 0 Å². The lowest BCUT2D eigenvalue weighted by atomic mass is 9.87. The van der Waals surface area contributed by atoms with Gasteiger partial charge in [-0.1, -0.05) is 36.9 Å². The summed E-state index contributed by atoms with van der Waals surface area (Å²) in [6.07, 6.45) is 5.17. The van der Waals surface area contributed by atoms with E-state index in [9.17, 15) is 0 Å². The SMILES string of the molecule is CCCNC1CCC(C)CC1Sc1nncs1. The van der Waals surface area contributed by atoms with Crippen LogP contribution in [0, 0.1) is 5.92 Å². The number of hydrogen-bond donors (Lipinski definition) is 1. The zero-order valence-corrected chi connectivity index (χ0v) is 12.2. The summed E-state index contributed by atoms with van der Waals surface area (Å²) in [5.74, 6) is 0.847. The summed E-state index contributed by atoms with van der Waals surface area (Å²) >= 11 is 3.57. The molecule has 0 bridgehead atoms. The number of rotatable bonds is 5. The van der Waals surface area contributed by atoms with Gasteiger partial charge < -0.3 is 5.32 Å². The van der Waals surface area contributed by atoms with E-state index in [0.29, 0.717) is 11.3 Å². The fourth-order valence-electron chi connectivity index (χ4n) is 2.37. The number of hydrogen-bond acceptors (Lipinski definition) is 5. The normalized spacial score (nSPS) is 29.4. The lowest BCUT2D eigenvalue weighted by Crippen LogP contribution is -2.42. The van der Waals surface area contributed by atoms with Crippen molar-refractivity contribution in [3.05, 3.63) is 5.51 Å². The average molecular weight is 271 g/mol. The van der Waals surface area contributed by atoms with Crippen LogP contribution in [-0.2, 0) is 0 Å². The van der Waals surface area contributed by atoms with Crippen LogP contribution in [-0.4, -0.2) is 28.0 Å². The molecule has 5 heteroatoms. The van der Waals surface area contributed by atoms with Gasteiger partial charge in [0, 0.05) is 11.3 Å². The van der Waals surface area contributed by atoms with Gasteiger partial charge >= 0.3 is 0 Å².